The van der Waals surface area contributed by atoms with Gasteiger partial charge in [0, 0.05) is 48.4 Å². The van der Waals surface area contributed by atoms with E-state index in [-0.39, 0.29) is 11.8 Å². The molecule has 1 fully saturated rings. The van der Waals surface area contributed by atoms with Crippen LogP contribution in [0, 0.1) is 0 Å². The molecule has 1 aliphatic rings. The highest BCUT2D eigenvalue weighted by Crippen LogP contribution is 2.40. The lowest BCUT2D eigenvalue weighted by Crippen LogP contribution is -2.37. The number of aromatic amines is 1. The number of rotatable bonds is 5. The first-order valence-electron chi connectivity index (χ1n) is 10.1. The average Bonchev–Trinajstić information content (AvgIpc) is 3.24. The van der Waals surface area contributed by atoms with Gasteiger partial charge in [0.05, 0.1) is 17.8 Å². The van der Waals surface area contributed by atoms with Crippen LogP contribution in [0.4, 0.5) is 0 Å². The number of halogens is 1. The molecule has 1 aliphatic heterocycles. The molecule has 3 heterocycles. The fraction of sp³-hybridized carbons (Fsp3) is 0.364. The van der Waals surface area contributed by atoms with Gasteiger partial charge in [-0.1, -0.05) is 24.6 Å². The molecule has 0 atom stereocenters. The van der Waals surface area contributed by atoms with Crippen molar-refractivity contribution in [3.05, 3.63) is 47.5 Å². The van der Waals surface area contributed by atoms with E-state index in [4.69, 9.17) is 16.3 Å². The van der Waals surface area contributed by atoms with Crippen LogP contribution in [-0.4, -0.2) is 51.2 Å². The van der Waals surface area contributed by atoms with Crippen molar-refractivity contribution in [2.45, 2.75) is 32.1 Å². The largest absolute Gasteiger partial charge is 0.495 e. The SMILES string of the molecule is CCC(=O)N1CCC(c2[nH]nc(-c3ccc(Cl)c(OC)c3)c2-c2ccncn2)CC1. The van der Waals surface area contributed by atoms with E-state index >= 15 is 0 Å². The van der Waals surface area contributed by atoms with Crippen LogP contribution >= 0.6 is 11.6 Å². The Morgan fingerprint density at radius 3 is 2.77 bits per heavy atom. The summed E-state index contributed by atoms with van der Waals surface area (Å²) >= 11 is 6.21. The number of carbonyl (C=O) groups excluding carboxylic acids is 1. The van der Waals surface area contributed by atoms with E-state index in [1.807, 2.05) is 36.1 Å². The summed E-state index contributed by atoms with van der Waals surface area (Å²) in [6.07, 6.45) is 5.59. The van der Waals surface area contributed by atoms with Gasteiger partial charge >= 0.3 is 0 Å². The Morgan fingerprint density at radius 2 is 2.10 bits per heavy atom. The van der Waals surface area contributed by atoms with Crippen LogP contribution < -0.4 is 4.74 Å². The van der Waals surface area contributed by atoms with Gasteiger partial charge in [-0.2, -0.15) is 5.10 Å². The van der Waals surface area contributed by atoms with Gasteiger partial charge in [-0.3, -0.25) is 9.89 Å². The summed E-state index contributed by atoms with van der Waals surface area (Å²) in [6, 6.07) is 7.51. The monoisotopic (exact) mass is 425 g/mol. The van der Waals surface area contributed by atoms with Crippen molar-refractivity contribution in [3.63, 3.8) is 0 Å². The van der Waals surface area contributed by atoms with E-state index in [0.717, 1.165) is 54.1 Å². The van der Waals surface area contributed by atoms with Crippen LogP contribution in [0.2, 0.25) is 5.02 Å². The maximum absolute atomic E-state index is 12.0. The lowest BCUT2D eigenvalue weighted by Gasteiger charge is -2.31. The molecule has 30 heavy (non-hydrogen) atoms. The zero-order valence-corrected chi connectivity index (χ0v) is 17.8. The Labute approximate surface area is 180 Å². The molecule has 4 rings (SSSR count). The molecule has 2 aromatic heterocycles. The fourth-order valence-electron chi connectivity index (χ4n) is 4.01. The molecule has 8 heteroatoms. The molecule has 0 saturated carbocycles. The Balaban J connectivity index is 1.73. The van der Waals surface area contributed by atoms with Gasteiger partial charge in [-0.15, -0.1) is 0 Å². The number of nitrogens with one attached hydrogen (secondary N) is 1. The number of nitrogens with zero attached hydrogens (tertiary/aromatic N) is 4. The normalized spacial score (nSPS) is 14.7. The summed E-state index contributed by atoms with van der Waals surface area (Å²) < 4.78 is 5.39. The van der Waals surface area contributed by atoms with E-state index in [2.05, 4.69) is 20.2 Å². The number of benzene rings is 1. The molecule has 0 radical (unpaired) electrons. The van der Waals surface area contributed by atoms with Gasteiger partial charge in [0.15, 0.2) is 0 Å². The second kappa shape index (κ2) is 8.83. The topological polar surface area (TPSA) is 84.0 Å². The molecule has 156 valence electrons. The molecule has 3 aromatic rings. The van der Waals surface area contributed by atoms with Crippen molar-refractivity contribution >= 4 is 17.5 Å². The summed E-state index contributed by atoms with van der Waals surface area (Å²) in [6.45, 7) is 3.41. The van der Waals surface area contributed by atoms with E-state index in [0.29, 0.717) is 17.2 Å². The molecular weight excluding hydrogens is 402 g/mol. The number of hydrogen-bond donors (Lipinski definition) is 1. The van der Waals surface area contributed by atoms with Gasteiger partial charge in [0.2, 0.25) is 5.91 Å². The highest BCUT2D eigenvalue weighted by atomic mass is 35.5. The first-order chi connectivity index (χ1) is 14.6. The van der Waals surface area contributed by atoms with Crippen LogP contribution in [0.25, 0.3) is 22.5 Å². The van der Waals surface area contributed by atoms with Gasteiger partial charge in [-0.05, 0) is 31.0 Å². The standard InChI is InChI=1S/C22H24ClN5O2/c1-3-19(29)28-10-7-14(8-11-28)21-20(17-6-9-24-13-25-17)22(27-26-21)15-4-5-16(23)18(12-15)30-2/h4-6,9,12-14H,3,7-8,10-11H2,1-2H3,(H,26,27). The maximum atomic E-state index is 12.0. The summed E-state index contributed by atoms with van der Waals surface area (Å²) in [7, 11) is 1.59. The number of carbonyl (C=O) groups is 1. The lowest BCUT2D eigenvalue weighted by molar-refractivity contribution is -0.131. The Kier molecular flexibility index (Phi) is 5.99. The summed E-state index contributed by atoms with van der Waals surface area (Å²) in [5.41, 5.74) is 4.50. The fourth-order valence-corrected chi connectivity index (χ4v) is 4.20. The van der Waals surface area contributed by atoms with Crippen LogP contribution in [-0.2, 0) is 4.79 Å². The molecule has 1 aromatic carbocycles. The summed E-state index contributed by atoms with van der Waals surface area (Å²) in [4.78, 5) is 22.5. The van der Waals surface area contributed by atoms with Crippen molar-refractivity contribution in [2.24, 2.45) is 0 Å². The molecular formula is C22H24ClN5O2. The van der Waals surface area contributed by atoms with Gasteiger partial charge in [0.25, 0.3) is 0 Å². The number of likely N-dealkylation sites (tertiary alicyclic amines) is 1. The first-order valence-corrected chi connectivity index (χ1v) is 10.5. The van der Waals surface area contributed by atoms with Crippen molar-refractivity contribution in [1.29, 1.82) is 0 Å². The van der Waals surface area contributed by atoms with Gasteiger partial charge in [-0.25, -0.2) is 9.97 Å². The molecule has 0 aliphatic carbocycles. The molecule has 1 saturated heterocycles. The number of H-pyrrole nitrogens is 1. The van der Waals surface area contributed by atoms with Crippen molar-refractivity contribution in [2.75, 3.05) is 20.2 Å². The zero-order chi connectivity index (χ0) is 21.1. The number of piperidine rings is 1. The predicted octanol–water partition coefficient (Wildman–Crippen LogP) is 4.31. The predicted molar refractivity (Wildman–Crippen MR) is 115 cm³/mol. The second-order valence-corrected chi connectivity index (χ2v) is 7.72. The van der Waals surface area contributed by atoms with Crippen molar-refractivity contribution in [3.8, 4) is 28.3 Å². The minimum atomic E-state index is 0.211. The second-order valence-electron chi connectivity index (χ2n) is 7.31. The Bertz CT molecular complexity index is 1030. The molecule has 1 amide bonds. The summed E-state index contributed by atoms with van der Waals surface area (Å²) in [5, 5.41) is 8.46. The molecule has 0 spiro atoms. The molecule has 0 unspecified atom stereocenters. The van der Waals surface area contributed by atoms with Crippen LogP contribution in [0.1, 0.15) is 37.8 Å². The Morgan fingerprint density at radius 1 is 1.30 bits per heavy atom. The number of ether oxygens (including phenoxy) is 1. The molecule has 0 bridgehead atoms. The third-order valence-corrected chi connectivity index (χ3v) is 5.93. The lowest BCUT2D eigenvalue weighted by atomic mass is 9.88. The van der Waals surface area contributed by atoms with Crippen LogP contribution in [0.3, 0.4) is 0 Å². The summed E-state index contributed by atoms with van der Waals surface area (Å²) in [5.74, 6) is 1.08. The van der Waals surface area contributed by atoms with Gasteiger partial charge in [0.1, 0.15) is 17.8 Å². The zero-order valence-electron chi connectivity index (χ0n) is 17.1. The van der Waals surface area contributed by atoms with Gasteiger partial charge < -0.3 is 9.64 Å². The molecule has 7 nitrogen and oxygen atoms in total. The minimum Gasteiger partial charge on any atom is -0.495 e. The van der Waals surface area contributed by atoms with Crippen molar-refractivity contribution < 1.29 is 9.53 Å². The number of hydrogen-bond acceptors (Lipinski definition) is 5. The minimum absolute atomic E-state index is 0.211. The van der Waals surface area contributed by atoms with E-state index in [1.165, 1.54) is 0 Å². The van der Waals surface area contributed by atoms with Crippen molar-refractivity contribution in [1.82, 2.24) is 25.1 Å². The highest BCUT2D eigenvalue weighted by molar-refractivity contribution is 6.32. The smallest absolute Gasteiger partial charge is 0.222 e. The first kappa shape index (κ1) is 20.3. The van der Waals surface area contributed by atoms with Crippen LogP contribution in [0.5, 0.6) is 5.75 Å². The average molecular weight is 426 g/mol. The van der Waals surface area contributed by atoms with E-state index < -0.39 is 0 Å². The quantitative estimate of drug-likeness (QED) is 0.658. The number of methoxy groups -OCH3 is 1. The van der Waals surface area contributed by atoms with E-state index in [1.54, 1.807) is 19.6 Å². The Hall–Kier alpha value is -2.93. The third-order valence-electron chi connectivity index (χ3n) is 5.62. The number of aromatic nitrogens is 4. The number of amides is 1. The molecule has 1 N–H and O–H groups in total. The maximum Gasteiger partial charge on any atom is 0.222 e. The highest BCUT2D eigenvalue weighted by Gasteiger charge is 2.29. The third kappa shape index (κ3) is 3.89. The van der Waals surface area contributed by atoms with E-state index in [9.17, 15) is 4.79 Å². The van der Waals surface area contributed by atoms with Crippen LogP contribution in [0.15, 0.2) is 36.8 Å².